The number of nitrogens with zero attached hydrogens (tertiary/aromatic N) is 1. The summed E-state index contributed by atoms with van der Waals surface area (Å²) in [6.45, 7) is 3.73. The number of pyridine rings is 1. The van der Waals surface area contributed by atoms with E-state index >= 15 is 0 Å². The summed E-state index contributed by atoms with van der Waals surface area (Å²) in [6, 6.07) is 1.50. The number of nitrogens with one attached hydrogen (secondary N) is 1. The Kier molecular flexibility index (Phi) is 4.07. The number of halogens is 1. The Morgan fingerprint density at radius 2 is 2.22 bits per heavy atom. The average molecular weight is 250 g/mol. The van der Waals surface area contributed by atoms with Crippen molar-refractivity contribution in [3.8, 4) is 0 Å². The number of piperidine rings is 1. The van der Waals surface area contributed by atoms with Gasteiger partial charge in [0.25, 0.3) is 0 Å². The Morgan fingerprint density at radius 1 is 1.50 bits per heavy atom. The summed E-state index contributed by atoms with van der Waals surface area (Å²) in [6.07, 6.45) is 5.96. The van der Waals surface area contributed by atoms with Crippen LogP contribution in [0.4, 0.5) is 4.39 Å². The van der Waals surface area contributed by atoms with Gasteiger partial charge in [-0.1, -0.05) is 13.3 Å². The number of aromatic nitrogens is 1. The van der Waals surface area contributed by atoms with Crippen molar-refractivity contribution in [3.63, 3.8) is 0 Å². The van der Waals surface area contributed by atoms with Gasteiger partial charge in [-0.25, -0.2) is 4.39 Å². The second-order valence-corrected chi connectivity index (χ2v) is 4.96. The van der Waals surface area contributed by atoms with Gasteiger partial charge >= 0.3 is 0 Å². The third kappa shape index (κ3) is 2.43. The summed E-state index contributed by atoms with van der Waals surface area (Å²) in [7, 11) is 0. The lowest BCUT2D eigenvalue weighted by Gasteiger charge is -2.36. The molecule has 3 nitrogen and oxygen atoms in total. The molecule has 0 saturated carbocycles. The predicted octanol–water partition coefficient (Wildman–Crippen LogP) is 2.57. The first kappa shape index (κ1) is 13.1. The van der Waals surface area contributed by atoms with Crippen molar-refractivity contribution >= 4 is 5.78 Å². The largest absolute Gasteiger partial charge is 0.317 e. The number of carbonyl (C=O) groups is 1. The lowest BCUT2D eigenvalue weighted by Crippen LogP contribution is -2.42. The topological polar surface area (TPSA) is 42.0 Å². The fraction of sp³-hybridized carbons (Fsp3) is 0.571. The van der Waals surface area contributed by atoms with Crippen LogP contribution in [0.3, 0.4) is 0 Å². The average Bonchev–Trinajstić information content (AvgIpc) is 2.40. The molecule has 1 saturated heterocycles. The molecule has 1 N–H and O–H groups in total. The standard InChI is InChI=1S/C14H19FN2O/c1-2-4-14(5-8-16-9-6-14)13(18)11-3-7-17-10-12(11)15/h3,7,10,16H,2,4-6,8-9H2,1H3. The van der Waals surface area contributed by atoms with Gasteiger partial charge in [0.05, 0.1) is 11.8 Å². The minimum atomic E-state index is -0.503. The summed E-state index contributed by atoms with van der Waals surface area (Å²) >= 11 is 0. The highest BCUT2D eigenvalue weighted by molar-refractivity contribution is 6.00. The molecule has 0 radical (unpaired) electrons. The third-order valence-corrected chi connectivity index (χ3v) is 3.79. The molecule has 0 spiro atoms. The molecule has 2 rings (SSSR count). The number of carbonyl (C=O) groups excluding carboxylic acids is 1. The summed E-state index contributed by atoms with van der Waals surface area (Å²) in [5, 5.41) is 3.26. The molecular weight excluding hydrogens is 231 g/mol. The molecule has 1 aromatic heterocycles. The minimum Gasteiger partial charge on any atom is -0.317 e. The van der Waals surface area contributed by atoms with Crippen LogP contribution in [0.1, 0.15) is 43.0 Å². The van der Waals surface area contributed by atoms with Gasteiger partial charge in [-0.2, -0.15) is 0 Å². The van der Waals surface area contributed by atoms with E-state index in [0.717, 1.165) is 45.0 Å². The lowest BCUT2D eigenvalue weighted by atomic mass is 9.70. The second kappa shape index (κ2) is 5.57. The number of Topliss-reactive ketones (excluding diaryl/α,β-unsaturated/α-hetero) is 1. The van der Waals surface area contributed by atoms with Crippen LogP contribution in [-0.2, 0) is 0 Å². The quantitative estimate of drug-likeness (QED) is 0.835. The normalized spacial score (nSPS) is 18.6. The molecule has 0 bridgehead atoms. The van der Waals surface area contributed by atoms with E-state index in [-0.39, 0.29) is 16.8 Å². The van der Waals surface area contributed by atoms with Crippen LogP contribution in [-0.4, -0.2) is 23.9 Å². The highest BCUT2D eigenvalue weighted by Gasteiger charge is 2.39. The summed E-state index contributed by atoms with van der Waals surface area (Å²) in [5.74, 6) is -0.553. The van der Waals surface area contributed by atoms with Crippen molar-refractivity contribution in [2.45, 2.75) is 32.6 Å². The van der Waals surface area contributed by atoms with Crippen LogP contribution in [0.15, 0.2) is 18.5 Å². The Labute approximate surface area is 107 Å². The van der Waals surface area contributed by atoms with Crippen LogP contribution in [0.5, 0.6) is 0 Å². The fourth-order valence-corrected chi connectivity index (χ4v) is 2.82. The van der Waals surface area contributed by atoms with E-state index in [9.17, 15) is 9.18 Å². The second-order valence-electron chi connectivity index (χ2n) is 4.96. The molecule has 0 atom stereocenters. The first-order valence-corrected chi connectivity index (χ1v) is 6.55. The molecule has 18 heavy (non-hydrogen) atoms. The SMILES string of the molecule is CCCC1(C(=O)c2ccncc2F)CCNCC1. The van der Waals surface area contributed by atoms with Gasteiger partial charge in [-0.3, -0.25) is 9.78 Å². The molecule has 1 aliphatic rings. The molecule has 0 amide bonds. The number of hydrogen-bond acceptors (Lipinski definition) is 3. The zero-order valence-electron chi connectivity index (χ0n) is 10.7. The Balaban J connectivity index is 2.31. The number of hydrogen-bond donors (Lipinski definition) is 1. The van der Waals surface area contributed by atoms with E-state index in [2.05, 4.69) is 17.2 Å². The van der Waals surface area contributed by atoms with E-state index in [4.69, 9.17) is 0 Å². The molecule has 98 valence electrons. The van der Waals surface area contributed by atoms with Crippen molar-refractivity contribution < 1.29 is 9.18 Å². The molecule has 1 aromatic rings. The molecule has 1 aliphatic heterocycles. The molecule has 0 aromatic carbocycles. The Morgan fingerprint density at radius 3 is 2.83 bits per heavy atom. The Hall–Kier alpha value is -1.29. The van der Waals surface area contributed by atoms with Crippen molar-refractivity contribution in [2.75, 3.05) is 13.1 Å². The molecule has 0 unspecified atom stereocenters. The van der Waals surface area contributed by atoms with Gasteiger partial charge in [-0.15, -0.1) is 0 Å². The minimum absolute atomic E-state index is 0.0502. The Bertz CT molecular complexity index is 422. The van der Waals surface area contributed by atoms with Gasteiger partial charge in [0.15, 0.2) is 11.6 Å². The van der Waals surface area contributed by atoms with Gasteiger partial charge in [0.1, 0.15) is 0 Å². The lowest BCUT2D eigenvalue weighted by molar-refractivity contribution is 0.0699. The first-order chi connectivity index (χ1) is 8.69. The maximum Gasteiger partial charge on any atom is 0.172 e. The van der Waals surface area contributed by atoms with E-state index in [0.29, 0.717) is 0 Å². The van der Waals surface area contributed by atoms with Crippen LogP contribution in [0.25, 0.3) is 0 Å². The van der Waals surface area contributed by atoms with Crippen LogP contribution in [0.2, 0.25) is 0 Å². The highest BCUT2D eigenvalue weighted by Crippen LogP contribution is 2.37. The van der Waals surface area contributed by atoms with E-state index in [1.807, 2.05) is 0 Å². The van der Waals surface area contributed by atoms with Crippen molar-refractivity contribution in [2.24, 2.45) is 5.41 Å². The molecule has 1 fully saturated rings. The number of rotatable bonds is 4. The number of ketones is 1. The third-order valence-electron chi connectivity index (χ3n) is 3.79. The van der Waals surface area contributed by atoms with E-state index < -0.39 is 5.82 Å². The summed E-state index contributed by atoms with van der Waals surface area (Å²) < 4.78 is 13.7. The smallest absolute Gasteiger partial charge is 0.172 e. The first-order valence-electron chi connectivity index (χ1n) is 6.55. The van der Waals surface area contributed by atoms with Gasteiger partial charge in [0, 0.05) is 11.6 Å². The summed E-state index contributed by atoms with van der Waals surface area (Å²) in [4.78, 5) is 16.3. The predicted molar refractivity (Wildman–Crippen MR) is 68.0 cm³/mol. The fourth-order valence-electron chi connectivity index (χ4n) is 2.82. The molecule has 4 heteroatoms. The van der Waals surface area contributed by atoms with E-state index in [1.54, 1.807) is 0 Å². The van der Waals surface area contributed by atoms with Crippen LogP contribution < -0.4 is 5.32 Å². The zero-order chi connectivity index (χ0) is 13.0. The zero-order valence-corrected chi connectivity index (χ0v) is 10.7. The van der Waals surface area contributed by atoms with Gasteiger partial charge in [0.2, 0.25) is 0 Å². The van der Waals surface area contributed by atoms with Crippen molar-refractivity contribution in [1.82, 2.24) is 10.3 Å². The van der Waals surface area contributed by atoms with Crippen molar-refractivity contribution in [1.29, 1.82) is 0 Å². The van der Waals surface area contributed by atoms with Crippen LogP contribution in [0, 0.1) is 11.2 Å². The van der Waals surface area contributed by atoms with Crippen LogP contribution >= 0.6 is 0 Å². The van der Waals surface area contributed by atoms with E-state index in [1.165, 1.54) is 12.3 Å². The maximum atomic E-state index is 13.7. The van der Waals surface area contributed by atoms with Gasteiger partial charge in [-0.05, 0) is 38.4 Å². The molecule has 2 heterocycles. The molecule has 0 aliphatic carbocycles. The maximum absolute atomic E-state index is 13.7. The molecular formula is C14H19FN2O. The van der Waals surface area contributed by atoms with Crippen molar-refractivity contribution in [3.05, 3.63) is 29.8 Å². The highest BCUT2D eigenvalue weighted by atomic mass is 19.1. The monoisotopic (exact) mass is 250 g/mol. The summed E-state index contributed by atoms with van der Waals surface area (Å²) in [5.41, 5.74) is -0.192. The van der Waals surface area contributed by atoms with Gasteiger partial charge < -0.3 is 5.32 Å².